The van der Waals surface area contributed by atoms with E-state index in [2.05, 4.69) is 0 Å². The van der Waals surface area contributed by atoms with E-state index in [0.717, 1.165) is 29.9 Å². The van der Waals surface area contributed by atoms with E-state index in [0.29, 0.717) is 6.61 Å². The molecule has 0 aromatic heterocycles. The zero-order valence-corrected chi connectivity index (χ0v) is 9.66. The van der Waals surface area contributed by atoms with Crippen molar-refractivity contribution in [2.45, 2.75) is 18.3 Å². The lowest BCUT2D eigenvalue weighted by Crippen LogP contribution is -2.18. The molecule has 1 aromatic carbocycles. The molecule has 4 heteroatoms. The largest absolute Gasteiger partial charge is 0.497 e. The van der Waals surface area contributed by atoms with Gasteiger partial charge < -0.3 is 14.3 Å². The zero-order chi connectivity index (χ0) is 11.6. The standard InChI is InChI=1S/C12H17NO3/c1-14-9-3-4-10(11(7-9)15-2)12(5-6-12)8-16-13/h3-4,7H,5-6,8,13H2,1-2H3. The van der Waals surface area contributed by atoms with E-state index >= 15 is 0 Å². The Morgan fingerprint density at radius 1 is 1.25 bits per heavy atom. The van der Waals surface area contributed by atoms with Gasteiger partial charge in [0.05, 0.1) is 20.8 Å². The van der Waals surface area contributed by atoms with Crippen LogP contribution in [0.2, 0.25) is 0 Å². The molecule has 88 valence electrons. The second-order valence-electron chi connectivity index (χ2n) is 4.16. The van der Waals surface area contributed by atoms with E-state index in [1.807, 2.05) is 18.2 Å². The van der Waals surface area contributed by atoms with Crippen LogP contribution in [0.25, 0.3) is 0 Å². The predicted octanol–water partition coefficient (Wildman–Crippen LogP) is 1.63. The van der Waals surface area contributed by atoms with E-state index in [-0.39, 0.29) is 5.41 Å². The summed E-state index contributed by atoms with van der Waals surface area (Å²) < 4.78 is 10.6. The molecular formula is C12H17NO3. The highest BCUT2D eigenvalue weighted by Crippen LogP contribution is 2.51. The Hall–Kier alpha value is -1.26. The monoisotopic (exact) mass is 223 g/mol. The van der Waals surface area contributed by atoms with Gasteiger partial charge in [-0.25, -0.2) is 5.90 Å². The van der Waals surface area contributed by atoms with Crippen LogP contribution < -0.4 is 15.4 Å². The predicted molar refractivity (Wildman–Crippen MR) is 60.6 cm³/mol. The summed E-state index contributed by atoms with van der Waals surface area (Å²) in [6.45, 7) is 0.537. The lowest BCUT2D eigenvalue weighted by molar-refractivity contribution is 0.115. The van der Waals surface area contributed by atoms with Gasteiger partial charge in [-0.3, -0.25) is 0 Å². The molecule has 1 aliphatic rings. The highest BCUT2D eigenvalue weighted by molar-refractivity contribution is 5.47. The highest BCUT2D eigenvalue weighted by Gasteiger charge is 2.46. The fourth-order valence-corrected chi connectivity index (χ4v) is 2.04. The van der Waals surface area contributed by atoms with Crippen molar-refractivity contribution in [3.63, 3.8) is 0 Å². The summed E-state index contributed by atoms with van der Waals surface area (Å²) in [7, 11) is 3.31. The van der Waals surface area contributed by atoms with Gasteiger partial charge >= 0.3 is 0 Å². The van der Waals surface area contributed by atoms with Gasteiger partial charge in [-0.05, 0) is 18.9 Å². The molecule has 2 rings (SSSR count). The minimum Gasteiger partial charge on any atom is -0.497 e. The quantitative estimate of drug-likeness (QED) is 0.771. The minimum absolute atomic E-state index is 0.0480. The summed E-state index contributed by atoms with van der Waals surface area (Å²) in [5.74, 6) is 6.81. The fourth-order valence-electron chi connectivity index (χ4n) is 2.04. The van der Waals surface area contributed by atoms with Crippen molar-refractivity contribution in [2.24, 2.45) is 5.90 Å². The van der Waals surface area contributed by atoms with E-state index < -0.39 is 0 Å². The van der Waals surface area contributed by atoms with Crippen molar-refractivity contribution in [3.8, 4) is 11.5 Å². The topological polar surface area (TPSA) is 53.7 Å². The maximum absolute atomic E-state index is 5.38. The van der Waals surface area contributed by atoms with E-state index in [1.54, 1.807) is 14.2 Å². The lowest BCUT2D eigenvalue weighted by Gasteiger charge is -2.18. The lowest BCUT2D eigenvalue weighted by atomic mass is 9.96. The Bertz CT molecular complexity index is 375. The summed E-state index contributed by atoms with van der Waals surface area (Å²) in [5, 5.41) is 0. The van der Waals surface area contributed by atoms with Crippen LogP contribution in [0.15, 0.2) is 18.2 Å². The zero-order valence-electron chi connectivity index (χ0n) is 9.66. The smallest absolute Gasteiger partial charge is 0.126 e. The molecular weight excluding hydrogens is 206 g/mol. The number of ether oxygens (including phenoxy) is 2. The molecule has 0 aliphatic heterocycles. The van der Waals surface area contributed by atoms with Crippen molar-refractivity contribution in [1.82, 2.24) is 0 Å². The van der Waals surface area contributed by atoms with Crippen molar-refractivity contribution in [1.29, 1.82) is 0 Å². The number of hydrogen-bond acceptors (Lipinski definition) is 4. The van der Waals surface area contributed by atoms with Crippen LogP contribution in [0.1, 0.15) is 18.4 Å². The normalized spacial score (nSPS) is 16.9. The van der Waals surface area contributed by atoms with Crippen molar-refractivity contribution >= 4 is 0 Å². The molecule has 16 heavy (non-hydrogen) atoms. The van der Waals surface area contributed by atoms with Crippen LogP contribution >= 0.6 is 0 Å². The Morgan fingerprint density at radius 3 is 2.50 bits per heavy atom. The molecule has 0 radical (unpaired) electrons. The Morgan fingerprint density at radius 2 is 2.00 bits per heavy atom. The molecule has 0 bridgehead atoms. The van der Waals surface area contributed by atoms with Gasteiger partial charge in [-0.2, -0.15) is 0 Å². The number of rotatable bonds is 5. The maximum atomic E-state index is 5.38. The Labute approximate surface area is 95.2 Å². The first-order valence-corrected chi connectivity index (χ1v) is 5.30. The Kier molecular flexibility index (Phi) is 3.03. The van der Waals surface area contributed by atoms with Gasteiger partial charge in [-0.1, -0.05) is 6.07 Å². The summed E-state index contributed by atoms with van der Waals surface area (Å²) in [6.07, 6.45) is 2.18. The van der Waals surface area contributed by atoms with Crippen LogP contribution in [0.5, 0.6) is 11.5 Å². The molecule has 0 spiro atoms. The van der Waals surface area contributed by atoms with Crippen LogP contribution in [-0.4, -0.2) is 20.8 Å². The first kappa shape index (κ1) is 11.2. The van der Waals surface area contributed by atoms with Gasteiger partial charge in [0.2, 0.25) is 0 Å². The van der Waals surface area contributed by atoms with Crippen LogP contribution in [0.3, 0.4) is 0 Å². The number of hydrogen-bond donors (Lipinski definition) is 1. The van der Waals surface area contributed by atoms with E-state index in [1.165, 1.54) is 0 Å². The molecule has 1 aliphatic carbocycles. The summed E-state index contributed by atoms with van der Waals surface area (Å²) in [5.41, 5.74) is 1.20. The van der Waals surface area contributed by atoms with Gasteiger partial charge in [0.1, 0.15) is 11.5 Å². The second kappa shape index (κ2) is 4.31. The average molecular weight is 223 g/mol. The van der Waals surface area contributed by atoms with E-state index in [4.69, 9.17) is 20.2 Å². The summed E-state index contributed by atoms with van der Waals surface area (Å²) in [4.78, 5) is 4.79. The number of methoxy groups -OCH3 is 2. The molecule has 0 unspecified atom stereocenters. The molecule has 0 heterocycles. The molecule has 2 N–H and O–H groups in total. The third kappa shape index (κ3) is 1.86. The van der Waals surface area contributed by atoms with Crippen molar-refractivity contribution in [2.75, 3.05) is 20.8 Å². The van der Waals surface area contributed by atoms with Crippen LogP contribution in [0, 0.1) is 0 Å². The van der Waals surface area contributed by atoms with E-state index in [9.17, 15) is 0 Å². The van der Waals surface area contributed by atoms with Crippen molar-refractivity contribution < 1.29 is 14.3 Å². The number of benzene rings is 1. The molecule has 0 atom stereocenters. The van der Waals surface area contributed by atoms with Crippen LogP contribution in [0.4, 0.5) is 0 Å². The maximum Gasteiger partial charge on any atom is 0.126 e. The first-order valence-electron chi connectivity index (χ1n) is 5.30. The fraction of sp³-hybridized carbons (Fsp3) is 0.500. The summed E-state index contributed by atoms with van der Waals surface area (Å²) in [6, 6.07) is 5.87. The molecule has 1 aromatic rings. The summed E-state index contributed by atoms with van der Waals surface area (Å²) >= 11 is 0. The van der Waals surface area contributed by atoms with Gasteiger partial charge in [0.25, 0.3) is 0 Å². The highest BCUT2D eigenvalue weighted by atomic mass is 16.6. The molecule has 1 saturated carbocycles. The second-order valence-corrected chi connectivity index (χ2v) is 4.16. The first-order chi connectivity index (χ1) is 7.75. The number of nitrogens with two attached hydrogens (primary N) is 1. The average Bonchev–Trinajstić information content (AvgIpc) is 3.09. The Balaban J connectivity index is 2.33. The van der Waals surface area contributed by atoms with Crippen LogP contribution in [-0.2, 0) is 10.3 Å². The van der Waals surface area contributed by atoms with Gasteiger partial charge in [0, 0.05) is 17.0 Å². The molecule has 0 amide bonds. The minimum atomic E-state index is 0.0480. The molecule has 1 fully saturated rings. The van der Waals surface area contributed by atoms with Crippen molar-refractivity contribution in [3.05, 3.63) is 23.8 Å². The molecule has 0 saturated heterocycles. The van der Waals surface area contributed by atoms with Gasteiger partial charge in [0.15, 0.2) is 0 Å². The SMILES string of the molecule is COc1ccc(C2(CON)CC2)c(OC)c1. The van der Waals surface area contributed by atoms with Gasteiger partial charge in [-0.15, -0.1) is 0 Å². The third-order valence-corrected chi connectivity index (χ3v) is 3.19. The molecule has 4 nitrogen and oxygen atoms in total. The third-order valence-electron chi connectivity index (χ3n) is 3.19.